The zero-order valence-corrected chi connectivity index (χ0v) is 15.9. The summed E-state index contributed by atoms with van der Waals surface area (Å²) in [5, 5.41) is 4.81. The second-order valence-corrected chi connectivity index (χ2v) is 7.47. The number of hydrogen-bond acceptors (Lipinski definition) is 2. The second-order valence-electron chi connectivity index (χ2n) is 6.24. The van der Waals surface area contributed by atoms with Crippen LogP contribution >= 0.6 is 34.8 Å². The van der Waals surface area contributed by atoms with Gasteiger partial charge in [0.05, 0.1) is 16.6 Å². The first-order valence-electron chi connectivity index (χ1n) is 8.25. The maximum Gasteiger partial charge on any atom is 0.228 e. The Balaban J connectivity index is 1.65. The van der Waals surface area contributed by atoms with Gasteiger partial charge in [-0.05, 0) is 43.7 Å². The molecule has 0 unspecified atom stereocenters. The fraction of sp³-hybridized carbons (Fsp3) is 0.316. The molecule has 0 saturated carbocycles. The number of nitrogens with one attached hydrogen (secondary N) is 1. The van der Waals surface area contributed by atoms with E-state index in [0.717, 1.165) is 24.9 Å². The summed E-state index contributed by atoms with van der Waals surface area (Å²) in [6.07, 6.45) is 1.83. The van der Waals surface area contributed by atoms with E-state index in [-0.39, 0.29) is 11.8 Å². The number of anilines is 1. The number of carbonyl (C=O) groups excluding carboxylic acids is 1. The smallest absolute Gasteiger partial charge is 0.228 e. The van der Waals surface area contributed by atoms with Gasteiger partial charge >= 0.3 is 0 Å². The van der Waals surface area contributed by atoms with Gasteiger partial charge < -0.3 is 5.32 Å². The van der Waals surface area contributed by atoms with Gasteiger partial charge in [0.1, 0.15) is 0 Å². The molecular formula is C19H19Cl3N2O. The maximum atomic E-state index is 12.6. The molecule has 1 saturated heterocycles. The van der Waals surface area contributed by atoms with Crippen LogP contribution in [0.4, 0.5) is 5.69 Å². The molecule has 132 valence electrons. The number of hydrogen-bond donors (Lipinski definition) is 1. The summed E-state index contributed by atoms with van der Waals surface area (Å²) in [5.74, 6) is -0.0747. The number of para-hydroxylation sites is 1. The van der Waals surface area contributed by atoms with E-state index in [9.17, 15) is 4.79 Å². The average molecular weight is 398 g/mol. The highest BCUT2D eigenvalue weighted by Crippen LogP contribution is 2.28. The Morgan fingerprint density at radius 3 is 2.44 bits per heavy atom. The molecule has 0 aromatic heterocycles. The lowest BCUT2D eigenvalue weighted by atomic mass is 9.96. The molecule has 0 aliphatic carbocycles. The van der Waals surface area contributed by atoms with Crippen molar-refractivity contribution in [1.29, 1.82) is 0 Å². The quantitative estimate of drug-likeness (QED) is 0.739. The highest BCUT2D eigenvalue weighted by atomic mass is 35.5. The first kappa shape index (κ1) is 18.5. The summed E-state index contributed by atoms with van der Waals surface area (Å²) in [6, 6.07) is 12.8. The van der Waals surface area contributed by atoms with Gasteiger partial charge in [0.15, 0.2) is 0 Å². The van der Waals surface area contributed by atoms with Crippen molar-refractivity contribution >= 4 is 46.4 Å². The van der Waals surface area contributed by atoms with E-state index in [4.69, 9.17) is 34.8 Å². The van der Waals surface area contributed by atoms with E-state index in [1.807, 2.05) is 36.4 Å². The Hall–Kier alpha value is -1.26. The lowest BCUT2D eigenvalue weighted by Crippen LogP contribution is -2.40. The molecule has 3 nitrogen and oxygen atoms in total. The molecule has 1 heterocycles. The number of amides is 1. The van der Waals surface area contributed by atoms with Crippen LogP contribution in [0.3, 0.4) is 0 Å². The summed E-state index contributed by atoms with van der Waals surface area (Å²) in [6.45, 7) is 2.25. The first-order chi connectivity index (χ1) is 12.0. The minimum atomic E-state index is -0.0775. The lowest BCUT2D eigenvalue weighted by Gasteiger charge is -2.32. The molecular weight excluding hydrogens is 379 g/mol. The Morgan fingerprint density at radius 1 is 1.04 bits per heavy atom. The minimum Gasteiger partial charge on any atom is -0.324 e. The predicted octanol–water partition coefficient (Wildman–Crippen LogP) is 5.50. The van der Waals surface area contributed by atoms with Crippen LogP contribution in [-0.4, -0.2) is 23.9 Å². The van der Waals surface area contributed by atoms with Gasteiger partial charge in [-0.1, -0.05) is 53.0 Å². The number of carbonyl (C=O) groups is 1. The molecule has 3 rings (SSSR count). The van der Waals surface area contributed by atoms with Crippen molar-refractivity contribution in [1.82, 2.24) is 4.90 Å². The molecule has 1 aliphatic heterocycles. The number of likely N-dealkylation sites (tertiary alicyclic amines) is 1. The van der Waals surface area contributed by atoms with Crippen LogP contribution in [0, 0.1) is 5.92 Å². The van der Waals surface area contributed by atoms with Crippen molar-refractivity contribution in [2.45, 2.75) is 19.4 Å². The van der Waals surface area contributed by atoms with E-state index in [1.165, 1.54) is 0 Å². The fourth-order valence-electron chi connectivity index (χ4n) is 3.12. The number of nitrogens with zero attached hydrogens (tertiary/aromatic N) is 1. The Labute approximate surface area is 162 Å². The molecule has 6 heteroatoms. The van der Waals surface area contributed by atoms with Crippen LogP contribution in [0.1, 0.15) is 18.4 Å². The molecule has 0 radical (unpaired) electrons. The molecule has 2 aromatic rings. The standard InChI is InChI=1S/C19H19Cl3N2O/c20-15-7-3-8-16(21)14(15)12-24-10-4-5-13(11-24)19(25)23-18-9-2-1-6-17(18)22/h1-3,6-9,13H,4-5,10-12H2,(H,23,25)/t13-/m1/s1. The summed E-state index contributed by atoms with van der Waals surface area (Å²) in [5.41, 5.74) is 1.57. The Kier molecular flexibility index (Phi) is 6.24. The highest BCUT2D eigenvalue weighted by Gasteiger charge is 2.27. The zero-order chi connectivity index (χ0) is 17.8. The van der Waals surface area contributed by atoms with Crippen LogP contribution in [-0.2, 0) is 11.3 Å². The maximum absolute atomic E-state index is 12.6. The third-order valence-corrected chi connectivity index (χ3v) is 5.49. The lowest BCUT2D eigenvalue weighted by molar-refractivity contribution is -0.121. The predicted molar refractivity (Wildman–Crippen MR) is 105 cm³/mol. The normalized spacial score (nSPS) is 18.1. The van der Waals surface area contributed by atoms with Gasteiger partial charge in [-0.25, -0.2) is 0 Å². The first-order valence-corrected chi connectivity index (χ1v) is 9.38. The van der Waals surface area contributed by atoms with Gasteiger partial charge in [0, 0.05) is 28.7 Å². The summed E-state index contributed by atoms with van der Waals surface area (Å²) >= 11 is 18.7. The molecule has 1 amide bonds. The van der Waals surface area contributed by atoms with Crippen molar-refractivity contribution in [3.63, 3.8) is 0 Å². The summed E-state index contributed by atoms with van der Waals surface area (Å²) < 4.78 is 0. The monoisotopic (exact) mass is 396 g/mol. The van der Waals surface area contributed by atoms with E-state index < -0.39 is 0 Å². The van der Waals surface area contributed by atoms with Gasteiger partial charge in [0.2, 0.25) is 5.91 Å². The van der Waals surface area contributed by atoms with E-state index in [1.54, 1.807) is 6.07 Å². The third-order valence-electron chi connectivity index (χ3n) is 4.45. The van der Waals surface area contributed by atoms with E-state index in [2.05, 4.69) is 10.2 Å². The van der Waals surface area contributed by atoms with Crippen LogP contribution in [0.15, 0.2) is 42.5 Å². The number of rotatable bonds is 4. The van der Waals surface area contributed by atoms with Crippen molar-refractivity contribution < 1.29 is 4.79 Å². The Morgan fingerprint density at radius 2 is 1.72 bits per heavy atom. The summed E-state index contributed by atoms with van der Waals surface area (Å²) in [7, 11) is 0. The molecule has 2 aromatic carbocycles. The average Bonchev–Trinajstić information content (AvgIpc) is 2.60. The van der Waals surface area contributed by atoms with E-state index >= 15 is 0 Å². The van der Waals surface area contributed by atoms with E-state index in [0.29, 0.717) is 33.8 Å². The van der Waals surface area contributed by atoms with Crippen molar-refractivity contribution in [3.05, 3.63) is 63.1 Å². The Bertz CT molecular complexity index is 746. The van der Waals surface area contributed by atoms with Crippen molar-refractivity contribution in [3.8, 4) is 0 Å². The summed E-state index contributed by atoms with van der Waals surface area (Å²) in [4.78, 5) is 14.8. The fourth-order valence-corrected chi connectivity index (χ4v) is 3.82. The second kappa shape index (κ2) is 8.41. The SMILES string of the molecule is O=C(Nc1ccccc1Cl)[C@@H]1CCCN(Cc2c(Cl)cccc2Cl)C1. The minimum absolute atomic E-state index is 0.00283. The molecule has 0 bridgehead atoms. The van der Waals surface area contributed by atoms with Crippen LogP contribution in [0.25, 0.3) is 0 Å². The molecule has 1 atom stereocenters. The van der Waals surface area contributed by atoms with Crippen molar-refractivity contribution in [2.24, 2.45) is 5.92 Å². The number of halogens is 3. The van der Waals surface area contributed by atoms with Gasteiger partial charge in [0.25, 0.3) is 0 Å². The van der Waals surface area contributed by atoms with Crippen LogP contribution in [0.5, 0.6) is 0 Å². The van der Waals surface area contributed by atoms with Crippen molar-refractivity contribution in [2.75, 3.05) is 18.4 Å². The van der Waals surface area contributed by atoms with Crippen LogP contribution in [0.2, 0.25) is 15.1 Å². The van der Waals surface area contributed by atoms with Crippen LogP contribution < -0.4 is 5.32 Å². The van der Waals surface area contributed by atoms with Gasteiger partial charge in [-0.2, -0.15) is 0 Å². The third kappa shape index (κ3) is 4.68. The molecule has 0 spiro atoms. The topological polar surface area (TPSA) is 32.3 Å². The zero-order valence-electron chi connectivity index (χ0n) is 13.6. The molecule has 25 heavy (non-hydrogen) atoms. The van der Waals surface area contributed by atoms with Gasteiger partial charge in [-0.3, -0.25) is 9.69 Å². The largest absolute Gasteiger partial charge is 0.324 e. The highest BCUT2D eigenvalue weighted by molar-refractivity contribution is 6.36. The molecule has 1 fully saturated rings. The number of benzene rings is 2. The molecule has 1 aliphatic rings. The van der Waals surface area contributed by atoms with Gasteiger partial charge in [-0.15, -0.1) is 0 Å². The molecule has 1 N–H and O–H groups in total. The number of piperidine rings is 1.